The largest absolute Gasteiger partial charge is 0.309 e. The molecule has 9 rings (SSSR count). The number of hydrogen-bond acceptors (Lipinski definition) is 0. The minimum Gasteiger partial charge on any atom is -0.309 e. The normalized spacial score (nSPS) is 11.6. The lowest BCUT2D eigenvalue weighted by Crippen LogP contribution is -1.96. The Kier molecular flexibility index (Phi) is 5.54. The van der Waals surface area contributed by atoms with E-state index in [0.29, 0.717) is 0 Å². The second kappa shape index (κ2) is 9.86. The van der Waals surface area contributed by atoms with Crippen molar-refractivity contribution in [2.75, 3.05) is 0 Å². The van der Waals surface area contributed by atoms with Gasteiger partial charge in [-0.25, -0.2) is 0 Å². The van der Waals surface area contributed by atoms with Gasteiger partial charge in [-0.05, 0) is 64.7 Å². The third-order valence-electron chi connectivity index (χ3n) is 8.93. The topological polar surface area (TPSA) is 9.86 Å². The summed E-state index contributed by atoms with van der Waals surface area (Å²) in [5.41, 5.74) is 12.1. The van der Waals surface area contributed by atoms with Crippen molar-refractivity contribution in [1.82, 2.24) is 9.13 Å². The number of rotatable bonds is 4. The van der Waals surface area contributed by atoms with Crippen LogP contribution in [0.3, 0.4) is 0 Å². The number of para-hydroxylation sites is 2. The van der Waals surface area contributed by atoms with Gasteiger partial charge in [-0.15, -0.1) is 0 Å². The second-order valence-electron chi connectivity index (χ2n) is 11.4. The quantitative estimate of drug-likeness (QED) is 0.203. The molecular formula is C42H28N2. The Morgan fingerprint density at radius 3 is 1.50 bits per heavy atom. The molecule has 0 radical (unpaired) electrons. The van der Waals surface area contributed by atoms with Crippen molar-refractivity contribution in [3.8, 4) is 33.6 Å². The molecule has 7 aromatic carbocycles. The Bertz CT molecular complexity index is 2460. The first-order chi connectivity index (χ1) is 21.9. The average Bonchev–Trinajstić information content (AvgIpc) is 3.62. The van der Waals surface area contributed by atoms with Crippen molar-refractivity contribution in [3.05, 3.63) is 170 Å². The van der Waals surface area contributed by atoms with Crippen LogP contribution in [-0.4, -0.2) is 9.13 Å². The van der Waals surface area contributed by atoms with Crippen LogP contribution in [0.5, 0.6) is 0 Å². The van der Waals surface area contributed by atoms with Crippen molar-refractivity contribution in [3.63, 3.8) is 0 Å². The van der Waals surface area contributed by atoms with E-state index in [1.807, 2.05) is 0 Å². The third-order valence-corrected chi connectivity index (χ3v) is 8.93. The van der Waals surface area contributed by atoms with Gasteiger partial charge >= 0.3 is 0 Å². The molecule has 0 aliphatic rings. The highest BCUT2D eigenvalue weighted by Gasteiger charge is 2.20. The van der Waals surface area contributed by atoms with Gasteiger partial charge < -0.3 is 9.13 Å². The Hall–Kier alpha value is -5.86. The van der Waals surface area contributed by atoms with E-state index in [0.717, 1.165) is 5.69 Å². The summed E-state index contributed by atoms with van der Waals surface area (Å²) in [5.74, 6) is 0. The molecule has 0 amide bonds. The molecule has 0 saturated carbocycles. The van der Waals surface area contributed by atoms with E-state index >= 15 is 0 Å². The Morgan fingerprint density at radius 1 is 0.295 bits per heavy atom. The van der Waals surface area contributed by atoms with E-state index in [2.05, 4.69) is 179 Å². The van der Waals surface area contributed by atoms with E-state index in [1.165, 1.54) is 71.6 Å². The summed E-state index contributed by atoms with van der Waals surface area (Å²) < 4.78 is 4.88. The van der Waals surface area contributed by atoms with Crippen molar-refractivity contribution >= 4 is 43.6 Å². The van der Waals surface area contributed by atoms with Crippen LogP contribution >= 0.6 is 0 Å². The van der Waals surface area contributed by atoms with Gasteiger partial charge in [0.25, 0.3) is 0 Å². The SMILES string of the molecule is c1ccc(-c2ccc(-n3c4ccccc4c4c(-n5c6ccccc6c6c(-c7ccccc7)cccc65)cccc43)cc2)cc1. The van der Waals surface area contributed by atoms with Crippen LogP contribution in [0, 0.1) is 0 Å². The molecular weight excluding hydrogens is 532 g/mol. The first-order valence-electron chi connectivity index (χ1n) is 15.1. The van der Waals surface area contributed by atoms with Gasteiger partial charge in [0.05, 0.1) is 27.8 Å². The lowest BCUT2D eigenvalue weighted by molar-refractivity contribution is 1.17. The lowest BCUT2D eigenvalue weighted by Gasteiger charge is -2.12. The third kappa shape index (κ3) is 3.68. The van der Waals surface area contributed by atoms with E-state index in [9.17, 15) is 0 Å². The highest BCUT2D eigenvalue weighted by atomic mass is 15.0. The van der Waals surface area contributed by atoms with Gasteiger partial charge in [0.15, 0.2) is 0 Å². The summed E-state index contributed by atoms with van der Waals surface area (Å²) in [6.07, 6.45) is 0. The van der Waals surface area contributed by atoms with Gasteiger partial charge in [0.2, 0.25) is 0 Å². The smallest absolute Gasteiger partial charge is 0.0562 e. The number of nitrogens with zero attached hydrogens (tertiary/aromatic N) is 2. The van der Waals surface area contributed by atoms with Crippen LogP contribution in [-0.2, 0) is 0 Å². The van der Waals surface area contributed by atoms with Crippen LogP contribution in [0.4, 0.5) is 0 Å². The van der Waals surface area contributed by atoms with E-state index in [1.54, 1.807) is 0 Å². The van der Waals surface area contributed by atoms with Gasteiger partial charge in [-0.3, -0.25) is 0 Å². The average molecular weight is 561 g/mol. The molecule has 0 atom stereocenters. The molecule has 2 heteroatoms. The standard InChI is InChI=1S/C42H28N2/c1-3-13-29(14-4-1)30-25-27-32(28-26-30)43-36-20-9-8-18-35(36)42-39(43)23-12-24-40(42)44-37-21-10-7-17-34(37)41-33(19-11-22-38(41)44)31-15-5-2-6-16-31/h1-28H. The van der Waals surface area contributed by atoms with Crippen LogP contribution in [0.2, 0.25) is 0 Å². The van der Waals surface area contributed by atoms with Crippen LogP contribution in [0.25, 0.3) is 77.2 Å². The molecule has 2 aromatic heterocycles. The van der Waals surface area contributed by atoms with Crippen molar-refractivity contribution in [2.24, 2.45) is 0 Å². The predicted molar refractivity (Wildman–Crippen MR) is 186 cm³/mol. The Balaban J connectivity index is 1.34. The van der Waals surface area contributed by atoms with Crippen LogP contribution in [0.1, 0.15) is 0 Å². The number of hydrogen-bond donors (Lipinski definition) is 0. The molecule has 0 aliphatic heterocycles. The fourth-order valence-corrected chi connectivity index (χ4v) is 7.04. The predicted octanol–water partition coefficient (Wildman–Crippen LogP) is 11.2. The molecule has 0 unspecified atom stereocenters. The second-order valence-corrected chi connectivity index (χ2v) is 11.4. The van der Waals surface area contributed by atoms with Crippen LogP contribution < -0.4 is 0 Å². The van der Waals surface area contributed by atoms with Crippen LogP contribution in [0.15, 0.2) is 170 Å². The molecule has 0 N–H and O–H groups in total. The van der Waals surface area contributed by atoms with E-state index in [4.69, 9.17) is 0 Å². The maximum atomic E-state index is 2.47. The molecule has 206 valence electrons. The molecule has 0 spiro atoms. The summed E-state index contributed by atoms with van der Waals surface area (Å²) in [4.78, 5) is 0. The summed E-state index contributed by atoms with van der Waals surface area (Å²) >= 11 is 0. The van der Waals surface area contributed by atoms with E-state index < -0.39 is 0 Å². The maximum absolute atomic E-state index is 2.47. The van der Waals surface area contributed by atoms with Gasteiger partial charge in [-0.1, -0.05) is 127 Å². The number of benzene rings is 7. The molecule has 44 heavy (non-hydrogen) atoms. The number of fused-ring (bicyclic) bond motifs is 6. The van der Waals surface area contributed by atoms with Gasteiger partial charge in [0, 0.05) is 27.2 Å². The zero-order chi connectivity index (χ0) is 29.0. The fourth-order valence-electron chi connectivity index (χ4n) is 7.04. The Labute approximate surface area is 255 Å². The molecule has 0 saturated heterocycles. The van der Waals surface area contributed by atoms with Gasteiger partial charge in [0.1, 0.15) is 0 Å². The van der Waals surface area contributed by atoms with Gasteiger partial charge in [-0.2, -0.15) is 0 Å². The first kappa shape index (κ1) is 24.7. The maximum Gasteiger partial charge on any atom is 0.0562 e. The monoisotopic (exact) mass is 560 g/mol. The summed E-state index contributed by atoms with van der Waals surface area (Å²) in [6.45, 7) is 0. The highest BCUT2D eigenvalue weighted by Crippen LogP contribution is 2.42. The molecule has 0 aliphatic carbocycles. The zero-order valence-corrected chi connectivity index (χ0v) is 24.1. The molecule has 0 fully saturated rings. The zero-order valence-electron chi connectivity index (χ0n) is 24.1. The fraction of sp³-hybridized carbons (Fsp3) is 0. The summed E-state index contributed by atoms with van der Waals surface area (Å²) in [7, 11) is 0. The van der Waals surface area contributed by atoms with Crippen molar-refractivity contribution in [1.29, 1.82) is 0 Å². The molecule has 0 bridgehead atoms. The molecule has 9 aromatic rings. The summed E-state index contributed by atoms with van der Waals surface area (Å²) in [6, 6.07) is 61.3. The number of aromatic nitrogens is 2. The van der Waals surface area contributed by atoms with Crippen molar-refractivity contribution in [2.45, 2.75) is 0 Å². The van der Waals surface area contributed by atoms with Crippen molar-refractivity contribution < 1.29 is 0 Å². The summed E-state index contributed by atoms with van der Waals surface area (Å²) in [5, 5.41) is 5.05. The van der Waals surface area contributed by atoms with E-state index in [-0.39, 0.29) is 0 Å². The minimum atomic E-state index is 1.15. The molecule has 2 nitrogen and oxygen atoms in total. The highest BCUT2D eigenvalue weighted by molar-refractivity contribution is 6.19. The first-order valence-corrected chi connectivity index (χ1v) is 15.1. The minimum absolute atomic E-state index is 1.15. The lowest BCUT2D eigenvalue weighted by atomic mass is 9.99. The molecule has 2 heterocycles. The Morgan fingerprint density at radius 2 is 0.795 bits per heavy atom.